The Hall–Kier alpha value is -2.52. The van der Waals surface area contributed by atoms with Gasteiger partial charge in [0.05, 0.1) is 17.2 Å². The molecule has 7 nitrogen and oxygen atoms in total. The van der Waals surface area contributed by atoms with Gasteiger partial charge < -0.3 is 10.0 Å². The lowest BCUT2D eigenvalue weighted by Crippen LogP contribution is -2.51. The summed E-state index contributed by atoms with van der Waals surface area (Å²) in [6, 6.07) is 5.77. The summed E-state index contributed by atoms with van der Waals surface area (Å²) >= 11 is 0. The van der Waals surface area contributed by atoms with E-state index in [1.807, 2.05) is 0 Å². The number of halogens is 1. The number of piperazine rings is 1. The number of hydrogen-bond donors (Lipinski definition) is 1. The first-order valence-electron chi connectivity index (χ1n) is 9.90. The number of fused-ring (bicyclic) bond motifs is 1. The first-order chi connectivity index (χ1) is 14.2. The number of carboxylic acid groups (broad SMARTS) is 1. The molecule has 0 unspecified atom stereocenters. The van der Waals surface area contributed by atoms with E-state index in [2.05, 4.69) is 0 Å². The summed E-state index contributed by atoms with van der Waals surface area (Å²) in [4.78, 5) is 26.2. The maximum Gasteiger partial charge on any atom is 0.307 e. The summed E-state index contributed by atoms with van der Waals surface area (Å²) < 4.78 is 40.2. The number of sulfonamides is 1. The van der Waals surface area contributed by atoms with Crippen LogP contribution in [0.5, 0.6) is 0 Å². The Morgan fingerprint density at radius 3 is 2.40 bits per heavy atom. The highest BCUT2D eigenvalue weighted by Crippen LogP contribution is 2.32. The molecule has 1 saturated carbocycles. The van der Waals surface area contributed by atoms with Gasteiger partial charge in [0.1, 0.15) is 5.82 Å². The summed E-state index contributed by atoms with van der Waals surface area (Å²) in [7, 11) is -3.29. The molecular formula is C21H23FN2O5S. The number of carboxylic acids is 1. The molecule has 9 heteroatoms. The minimum absolute atomic E-state index is 0.227. The third-order valence-corrected chi connectivity index (χ3v) is 8.26. The van der Waals surface area contributed by atoms with E-state index in [0.29, 0.717) is 34.7 Å². The maximum absolute atomic E-state index is 13.9. The van der Waals surface area contributed by atoms with Crippen LogP contribution in [0.1, 0.15) is 34.3 Å². The molecule has 4 rings (SSSR count). The number of nitrogens with zero attached hydrogens (tertiary/aromatic N) is 2. The predicted molar refractivity (Wildman–Crippen MR) is 109 cm³/mol. The first-order valence-corrected chi connectivity index (χ1v) is 11.4. The average Bonchev–Trinajstić information content (AvgIpc) is 3.54. The van der Waals surface area contributed by atoms with E-state index in [1.54, 1.807) is 17.9 Å². The fraction of sp³-hybridized carbons (Fsp3) is 0.429. The van der Waals surface area contributed by atoms with Crippen LogP contribution in [0.2, 0.25) is 0 Å². The van der Waals surface area contributed by atoms with Crippen LogP contribution < -0.4 is 0 Å². The lowest BCUT2D eigenvalue weighted by Gasteiger charge is -2.34. The van der Waals surface area contributed by atoms with Crippen LogP contribution >= 0.6 is 0 Å². The van der Waals surface area contributed by atoms with Gasteiger partial charge in [0, 0.05) is 26.2 Å². The second-order valence-electron chi connectivity index (χ2n) is 7.91. The second-order valence-corrected chi connectivity index (χ2v) is 10.1. The average molecular weight is 434 g/mol. The molecule has 30 heavy (non-hydrogen) atoms. The van der Waals surface area contributed by atoms with Crippen molar-refractivity contribution in [1.29, 1.82) is 0 Å². The summed E-state index contributed by atoms with van der Waals surface area (Å²) in [5, 5.41) is 9.96. The fourth-order valence-corrected chi connectivity index (χ4v) is 5.86. The van der Waals surface area contributed by atoms with E-state index >= 15 is 0 Å². The van der Waals surface area contributed by atoms with E-state index in [9.17, 15) is 27.5 Å². The van der Waals surface area contributed by atoms with Crippen LogP contribution in [0, 0.1) is 12.7 Å². The van der Waals surface area contributed by atoms with Crippen LogP contribution in [0.4, 0.5) is 4.39 Å². The van der Waals surface area contributed by atoms with Crippen molar-refractivity contribution in [3.8, 4) is 0 Å². The Morgan fingerprint density at radius 1 is 1.13 bits per heavy atom. The first kappa shape index (κ1) is 20.7. The van der Waals surface area contributed by atoms with Crippen LogP contribution in [0.25, 0.3) is 10.8 Å². The highest BCUT2D eigenvalue weighted by atomic mass is 32.2. The number of amides is 1. The third-order valence-electron chi connectivity index (χ3n) is 5.86. The van der Waals surface area contributed by atoms with E-state index < -0.39 is 21.8 Å². The Balaban J connectivity index is 1.66. The van der Waals surface area contributed by atoms with Crippen molar-refractivity contribution in [3.63, 3.8) is 0 Å². The Morgan fingerprint density at radius 2 is 1.80 bits per heavy atom. The minimum atomic E-state index is -3.29. The number of benzene rings is 2. The van der Waals surface area contributed by atoms with Crippen molar-refractivity contribution in [2.24, 2.45) is 0 Å². The largest absolute Gasteiger partial charge is 0.481 e. The smallest absolute Gasteiger partial charge is 0.307 e. The van der Waals surface area contributed by atoms with Gasteiger partial charge in [0.15, 0.2) is 0 Å². The Bertz CT molecular complexity index is 1140. The van der Waals surface area contributed by atoms with Crippen molar-refractivity contribution in [3.05, 3.63) is 46.8 Å². The van der Waals surface area contributed by atoms with E-state index in [-0.39, 0.29) is 49.3 Å². The van der Waals surface area contributed by atoms with Gasteiger partial charge in [-0.3, -0.25) is 9.59 Å². The molecule has 2 fully saturated rings. The minimum Gasteiger partial charge on any atom is -0.481 e. The lowest BCUT2D eigenvalue weighted by atomic mass is 9.92. The zero-order valence-electron chi connectivity index (χ0n) is 16.6. The molecule has 0 atom stereocenters. The highest BCUT2D eigenvalue weighted by molar-refractivity contribution is 7.90. The molecule has 2 aromatic carbocycles. The quantitative estimate of drug-likeness (QED) is 0.778. The SMILES string of the molecule is Cc1c(CC(=O)O)cc2ccc(F)cc2c1C(=O)N1CCN(S(=O)(=O)C2CC2)CC1. The van der Waals surface area contributed by atoms with Gasteiger partial charge in [0.25, 0.3) is 5.91 Å². The van der Waals surface area contributed by atoms with Crippen LogP contribution in [-0.2, 0) is 21.2 Å². The van der Waals surface area contributed by atoms with Gasteiger partial charge in [-0.2, -0.15) is 4.31 Å². The summed E-state index contributed by atoms with van der Waals surface area (Å²) in [6.07, 6.45) is 1.13. The maximum atomic E-state index is 13.9. The highest BCUT2D eigenvalue weighted by Gasteiger charge is 2.41. The molecule has 160 valence electrons. The molecule has 0 aromatic heterocycles. The van der Waals surface area contributed by atoms with Crippen LogP contribution in [0.15, 0.2) is 24.3 Å². The number of aliphatic carboxylic acids is 1. The Kier molecular flexibility index (Phi) is 5.27. The van der Waals surface area contributed by atoms with Crippen molar-refractivity contribution in [1.82, 2.24) is 9.21 Å². The van der Waals surface area contributed by atoms with E-state index in [1.165, 1.54) is 22.5 Å². The molecule has 0 spiro atoms. The van der Waals surface area contributed by atoms with Crippen molar-refractivity contribution < 1.29 is 27.5 Å². The molecule has 1 aliphatic carbocycles. The van der Waals surface area contributed by atoms with Gasteiger partial charge in [0.2, 0.25) is 10.0 Å². The summed E-state index contributed by atoms with van der Waals surface area (Å²) in [6.45, 7) is 2.60. The molecular weight excluding hydrogens is 411 g/mol. The Labute approximate surface area is 174 Å². The van der Waals surface area contributed by atoms with Gasteiger partial charge in [-0.25, -0.2) is 12.8 Å². The molecule has 1 N–H and O–H groups in total. The van der Waals surface area contributed by atoms with E-state index in [0.717, 1.165) is 0 Å². The van der Waals surface area contributed by atoms with Crippen LogP contribution in [0.3, 0.4) is 0 Å². The molecule has 1 aliphatic heterocycles. The van der Waals surface area contributed by atoms with Crippen LogP contribution in [-0.4, -0.2) is 66.0 Å². The molecule has 1 heterocycles. The fourth-order valence-electron chi connectivity index (χ4n) is 4.03. The van der Waals surface area contributed by atoms with Gasteiger partial charge in [-0.15, -0.1) is 0 Å². The summed E-state index contributed by atoms with van der Waals surface area (Å²) in [5.74, 6) is -1.84. The van der Waals surface area contributed by atoms with Crippen molar-refractivity contribution in [2.75, 3.05) is 26.2 Å². The molecule has 2 aromatic rings. The number of carbonyl (C=O) groups excluding carboxylic acids is 1. The predicted octanol–water partition coefficient (Wildman–Crippen LogP) is 2.16. The monoisotopic (exact) mass is 434 g/mol. The molecule has 1 amide bonds. The van der Waals surface area contributed by atoms with Crippen molar-refractivity contribution >= 4 is 32.7 Å². The molecule has 2 aliphatic rings. The third kappa shape index (κ3) is 3.79. The second kappa shape index (κ2) is 7.63. The molecule has 0 radical (unpaired) electrons. The van der Waals surface area contributed by atoms with Gasteiger partial charge in [-0.1, -0.05) is 12.1 Å². The van der Waals surface area contributed by atoms with Crippen molar-refractivity contribution in [2.45, 2.75) is 31.4 Å². The number of hydrogen-bond acceptors (Lipinski definition) is 4. The zero-order chi connectivity index (χ0) is 21.6. The van der Waals surface area contributed by atoms with Gasteiger partial charge >= 0.3 is 5.97 Å². The van der Waals surface area contributed by atoms with E-state index in [4.69, 9.17) is 0 Å². The molecule has 0 bridgehead atoms. The number of rotatable bonds is 5. The zero-order valence-corrected chi connectivity index (χ0v) is 17.4. The number of carbonyl (C=O) groups is 2. The lowest BCUT2D eigenvalue weighted by molar-refractivity contribution is -0.136. The normalized spacial score (nSPS) is 18.0. The molecule has 1 saturated heterocycles. The summed E-state index contributed by atoms with van der Waals surface area (Å²) in [5.41, 5.74) is 1.29. The van der Waals surface area contributed by atoms with Gasteiger partial charge in [-0.05, 0) is 53.8 Å². The topological polar surface area (TPSA) is 95.0 Å². The standard InChI is InChI=1S/C21H23FN2O5S/c1-13-15(11-19(25)26)10-14-2-3-16(22)12-18(14)20(13)21(27)23-6-8-24(9-7-23)30(28,29)17-4-5-17/h2-3,10,12,17H,4-9,11H2,1H3,(H,25,26).